The molecule has 0 radical (unpaired) electrons. The van der Waals surface area contributed by atoms with Crippen LogP contribution in [0.15, 0.2) is 107 Å². The van der Waals surface area contributed by atoms with Crippen molar-refractivity contribution in [3.05, 3.63) is 108 Å². The van der Waals surface area contributed by atoms with Crippen LogP contribution in [0.25, 0.3) is 22.5 Å². The lowest BCUT2D eigenvalue weighted by atomic mass is 10.0. The van der Waals surface area contributed by atoms with E-state index < -0.39 is 10.0 Å². The van der Waals surface area contributed by atoms with Gasteiger partial charge in [0.1, 0.15) is 5.82 Å². The number of anilines is 2. The summed E-state index contributed by atoms with van der Waals surface area (Å²) in [5.41, 5.74) is 6.75. The van der Waals surface area contributed by atoms with Crippen LogP contribution < -0.4 is 10.0 Å². The molecule has 2 aromatic heterocycles. The number of carbonyl (C=O) groups excluding carboxylic acids is 1. The summed E-state index contributed by atoms with van der Waals surface area (Å²) in [6, 6.07) is 27.5. The number of nitrogens with one attached hydrogen (secondary N) is 3. The summed E-state index contributed by atoms with van der Waals surface area (Å²) < 4.78 is 27.6. The van der Waals surface area contributed by atoms with E-state index in [4.69, 9.17) is 4.98 Å². The van der Waals surface area contributed by atoms with E-state index in [1.807, 2.05) is 0 Å². The summed E-state index contributed by atoms with van der Waals surface area (Å²) in [6.45, 7) is 4.11. The third-order valence-electron chi connectivity index (χ3n) is 6.27. The van der Waals surface area contributed by atoms with Gasteiger partial charge in [-0.15, -0.1) is 0 Å². The molecule has 5 aromatic rings. The van der Waals surface area contributed by atoms with E-state index >= 15 is 0 Å². The van der Waals surface area contributed by atoms with Gasteiger partial charge in [0.05, 0.1) is 16.3 Å². The van der Waals surface area contributed by atoms with Crippen molar-refractivity contribution in [1.82, 2.24) is 15.0 Å². The van der Waals surface area contributed by atoms with Gasteiger partial charge in [-0.1, -0.05) is 77.5 Å². The molecular weight excluding hydrogens is 555 g/mol. The van der Waals surface area contributed by atoms with Gasteiger partial charge in [0.25, 0.3) is 10.0 Å². The lowest BCUT2D eigenvalue weighted by Crippen LogP contribution is -2.15. The Hall–Kier alpha value is -4.41. The van der Waals surface area contributed by atoms with Crippen molar-refractivity contribution in [2.24, 2.45) is 0 Å². The highest BCUT2D eigenvalue weighted by atomic mass is 32.2. The molecule has 10 heteroatoms. The number of hydrogen-bond donors (Lipinski definition) is 3. The number of rotatable bonds is 10. The van der Waals surface area contributed by atoms with Crippen LogP contribution in [-0.4, -0.2) is 35.0 Å². The Morgan fingerprint density at radius 3 is 2.15 bits per heavy atom. The van der Waals surface area contributed by atoms with Crippen LogP contribution in [0.2, 0.25) is 0 Å². The normalized spacial score (nSPS) is 11.3. The van der Waals surface area contributed by atoms with E-state index in [9.17, 15) is 13.2 Å². The van der Waals surface area contributed by atoms with E-state index in [1.54, 1.807) is 30.3 Å². The Kier molecular flexibility index (Phi) is 8.51. The van der Waals surface area contributed by atoms with Gasteiger partial charge in [-0.2, -0.15) is 0 Å². The molecule has 208 valence electrons. The first-order valence-electron chi connectivity index (χ1n) is 13.0. The molecule has 0 bridgehead atoms. The van der Waals surface area contributed by atoms with Crippen molar-refractivity contribution in [2.45, 2.75) is 30.3 Å². The molecule has 0 fully saturated rings. The van der Waals surface area contributed by atoms with E-state index in [2.05, 4.69) is 82.4 Å². The Labute approximate surface area is 243 Å². The summed E-state index contributed by atoms with van der Waals surface area (Å²) in [6.07, 6.45) is 1.76. The highest BCUT2D eigenvalue weighted by Crippen LogP contribution is 2.33. The Balaban J connectivity index is 1.21. The zero-order valence-electron chi connectivity index (χ0n) is 22.6. The fraction of sp³-hybridized carbons (Fsp3) is 0.129. The fourth-order valence-corrected chi connectivity index (χ4v) is 5.89. The minimum absolute atomic E-state index is 0.0725. The molecule has 41 heavy (non-hydrogen) atoms. The molecule has 0 aliphatic heterocycles. The summed E-state index contributed by atoms with van der Waals surface area (Å²) in [7, 11) is -3.79. The number of carbonyl (C=O) groups is 1. The molecule has 0 aliphatic carbocycles. The van der Waals surface area contributed by atoms with Crippen molar-refractivity contribution in [3.8, 4) is 22.5 Å². The Morgan fingerprint density at radius 2 is 1.51 bits per heavy atom. The zero-order valence-corrected chi connectivity index (χ0v) is 24.2. The lowest BCUT2D eigenvalue weighted by Gasteiger charge is -2.09. The number of nitrogens with zero attached hydrogens (tertiary/aromatic N) is 2. The van der Waals surface area contributed by atoms with E-state index in [1.165, 1.54) is 41.2 Å². The largest absolute Gasteiger partial charge is 0.332 e. The van der Waals surface area contributed by atoms with Crippen molar-refractivity contribution in [1.29, 1.82) is 0 Å². The van der Waals surface area contributed by atoms with Crippen LogP contribution in [0, 0.1) is 13.8 Å². The molecule has 0 unspecified atom stereocenters. The molecule has 2 heterocycles. The molecule has 3 aromatic carbocycles. The molecule has 0 atom stereocenters. The number of aromatic amines is 1. The first-order chi connectivity index (χ1) is 19.8. The van der Waals surface area contributed by atoms with Gasteiger partial charge in [0, 0.05) is 35.2 Å². The number of benzene rings is 3. The van der Waals surface area contributed by atoms with Gasteiger partial charge >= 0.3 is 0 Å². The van der Waals surface area contributed by atoms with Crippen molar-refractivity contribution in [3.63, 3.8) is 0 Å². The Bertz CT molecular complexity index is 1670. The lowest BCUT2D eigenvalue weighted by molar-refractivity contribution is -0.115. The summed E-state index contributed by atoms with van der Waals surface area (Å²) in [5, 5.41) is 3.56. The Morgan fingerprint density at radius 1 is 0.854 bits per heavy atom. The number of thioether (sulfide) groups is 1. The third-order valence-corrected chi connectivity index (χ3v) is 8.51. The number of aromatic nitrogens is 3. The maximum absolute atomic E-state index is 12.6. The second kappa shape index (κ2) is 12.4. The second-order valence-electron chi connectivity index (χ2n) is 9.49. The maximum atomic E-state index is 12.6. The third kappa shape index (κ3) is 7.22. The first kappa shape index (κ1) is 28.1. The molecule has 8 nitrogen and oxygen atoms in total. The van der Waals surface area contributed by atoms with Crippen molar-refractivity contribution >= 4 is 39.2 Å². The predicted molar refractivity (Wildman–Crippen MR) is 164 cm³/mol. The van der Waals surface area contributed by atoms with Gasteiger partial charge in [0.2, 0.25) is 5.91 Å². The van der Waals surface area contributed by atoms with Crippen LogP contribution in [-0.2, 0) is 14.8 Å². The van der Waals surface area contributed by atoms with Crippen LogP contribution in [0.5, 0.6) is 0 Å². The standard InChI is InChI=1S/C31H29N5O3S2/c1-21-6-10-23(11-7-21)29-30(24-12-8-22(2)9-13-24)35-31(34-29)40-20-18-28(37)33-25-14-16-26(17-15-25)41(38,39)36-27-5-3-4-19-32-27/h3-17,19H,18,20H2,1-2H3,(H,32,36)(H,33,37)(H,34,35). The monoisotopic (exact) mass is 583 g/mol. The van der Waals surface area contributed by atoms with Gasteiger partial charge in [-0.3, -0.25) is 9.52 Å². The van der Waals surface area contributed by atoms with Gasteiger partial charge < -0.3 is 10.3 Å². The van der Waals surface area contributed by atoms with Gasteiger partial charge in [0.15, 0.2) is 5.16 Å². The average molecular weight is 584 g/mol. The summed E-state index contributed by atoms with van der Waals surface area (Å²) >= 11 is 1.48. The number of H-pyrrole nitrogens is 1. The first-order valence-corrected chi connectivity index (χ1v) is 15.4. The topological polar surface area (TPSA) is 117 Å². The minimum atomic E-state index is -3.79. The molecule has 1 amide bonds. The highest BCUT2D eigenvalue weighted by Gasteiger charge is 2.16. The number of hydrogen-bond acceptors (Lipinski definition) is 6. The molecule has 0 saturated carbocycles. The van der Waals surface area contributed by atoms with E-state index in [0.29, 0.717) is 11.4 Å². The molecule has 0 saturated heterocycles. The van der Waals surface area contributed by atoms with Crippen LogP contribution >= 0.6 is 11.8 Å². The van der Waals surface area contributed by atoms with Crippen LogP contribution in [0.1, 0.15) is 17.5 Å². The molecule has 5 rings (SSSR count). The summed E-state index contributed by atoms with van der Waals surface area (Å²) in [4.78, 5) is 25.0. The highest BCUT2D eigenvalue weighted by molar-refractivity contribution is 7.99. The number of pyridine rings is 1. The van der Waals surface area contributed by atoms with E-state index in [0.717, 1.165) is 27.7 Å². The van der Waals surface area contributed by atoms with Crippen molar-refractivity contribution in [2.75, 3.05) is 15.8 Å². The van der Waals surface area contributed by atoms with Crippen LogP contribution in [0.3, 0.4) is 0 Å². The zero-order chi connectivity index (χ0) is 28.8. The summed E-state index contributed by atoms with van der Waals surface area (Å²) in [5.74, 6) is 0.570. The fourth-order valence-electron chi connectivity index (χ4n) is 4.07. The van der Waals surface area contributed by atoms with Crippen molar-refractivity contribution < 1.29 is 13.2 Å². The second-order valence-corrected chi connectivity index (χ2v) is 12.3. The molecule has 3 N–H and O–H groups in total. The van der Waals surface area contributed by atoms with E-state index in [-0.39, 0.29) is 23.0 Å². The van der Waals surface area contributed by atoms with Crippen LogP contribution in [0.4, 0.5) is 11.5 Å². The number of imidazole rings is 1. The van der Waals surface area contributed by atoms with Gasteiger partial charge in [-0.25, -0.2) is 18.4 Å². The molecule has 0 aliphatic rings. The van der Waals surface area contributed by atoms with Gasteiger partial charge in [-0.05, 0) is 50.2 Å². The average Bonchev–Trinajstić information content (AvgIpc) is 3.38. The SMILES string of the molecule is Cc1ccc(-c2nc(SCCC(=O)Nc3ccc(S(=O)(=O)Nc4ccccn4)cc3)[nH]c2-c2ccc(C)cc2)cc1. The minimum Gasteiger partial charge on any atom is -0.332 e. The number of sulfonamides is 1. The predicted octanol–water partition coefficient (Wildman–Crippen LogP) is 6.68. The number of amides is 1. The molecular formula is C31H29N5O3S2. The quantitative estimate of drug-likeness (QED) is 0.158. The maximum Gasteiger partial charge on any atom is 0.263 e. The molecule has 0 spiro atoms. The smallest absolute Gasteiger partial charge is 0.263 e. The number of aryl methyl sites for hydroxylation is 2.